The maximum atomic E-state index is 14.1. The molecular formula is C32H36N6O6. The Morgan fingerprint density at radius 3 is 2.73 bits per heavy atom. The summed E-state index contributed by atoms with van der Waals surface area (Å²) in [6.45, 7) is 5.87. The van der Waals surface area contributed by atoms with Crippen LogP contribution in [0.2, 0.25) is 0 Å². The second-order valence-electron chi connectivity index (χ2n) is 11.5. The Kier molecular flexibility index (Phi) is 7.48. The number of amides is 1. The van der Waals surface area contributed by atoms with Crippen LogP contribution in [0.15, 0.2) is 34.1 Å². The zero-order valence-corrected chi connectivity index (χ0v) is 25.4. The van der Waals surface area contributed by atoms with Gasteiger partial charge in [-0.05, 0) is 38.0 Å². The Bertz CT molecular complexity index is 1800. The number of nitrogens with two attached hydrogens (primary N) is 1. The molecule has 0 unspecified atom stereocenters. The van der Waals surface area contributed by atoms with Gasteiger partial charge in [0.15, 0.2) is 0 Å². The summed E-state index contributed by atoms with van der Waals surface area (Å²) in [6.07, 6.45) is 5.02. The second-order valence-corrected chi connectivity index (χ2v) is 11.5. The smallest absolute Gasteiger partial charge is 0.355 e. The van der Waals surface area contributed by atoms with E-state index in [-0.39, 0.29) is 42.8 Å². The monoisotopic (exact) mass is 600 g/mol. The van der Waals surface area contributed by atoms with Crippen LogP contribution in [0.3, 0.4) is 0 Å². The number of unbranched alkanes of at least 4 members (excludes halogenated alkanes) is 2. The number of carbonyl (C=O) groups excluding carboxylic acids is 3. The highest BCUT2D eigenvalue weighted by Crippen LogP contribution is 2.47. The molecule has 230 valence electrons. The number of hydrogen-bond acceptors (Lipinski definition) is 10. The molecule has 2 N–H and O–H groups in total. The van der Waals surface area contributed by atoms with Crippen molar-refractivity contribution in [3.05, 3.63) is 51.3 Å². The minimum absolute atomic E-state index is 0.0169. The van der Waals surface area contributed by atoms with Gasteiger partial charge in [0.1, 0.15) is 12.6 Å². The molecule has 2 atom stereocenters. The van der Waals surface area contributed by atoms with E-state index in [1.165, 1.54) is 18.9 Å². The number of ether oxygens (including phenoxy) is 2. The molecule has 0 aliphatic carbocycles. The van der Waals surface area contributed by atoms with E-state index < -0.39 is 29.5 Å². The number of cyclic esters (lactones) is 1. The molecule has 3 aromatic rings. The van der Waals surface area contributed by atoms with Crippen LogP contribution in [0.5, 0.6) is 0 Å². The fraction of sp³-hybridized carbons (Fsp3) is 0.438. The number of benzene rings is 1. The van der Waals surface area contributed by atoms with Gasteiger partial charge in [-0.25, -0.2) is 19.6 Å². The number of esters is 2. The van der Waals surface area contributed by atoms with Crippen molar-refractivity contribution >= 4 is 46.5 Å². The van der Waals surface area contributed by atoms with Crippen LogP contribution in [-0.4, -0.2) is 64.8 Å². The Balaban J connectivity index is 1.50. The van der Waals surface area contributed by atoms with Gasteiger partial charge in [-0.15, -0.1) is 0 Å². The van der Waals surface area contributed by atoms with Gasteiger partial charge in [0, 0.05) is 24.7 Å². The summed E-state index contributed by atoms with van der Waals surface area (Å²) in [7, 11) is 1.44. The second kappa shape index (κ2) is 11.2. The standard InChI is InChI=1S/C32H36N6O6/c1-5-7-8-12-37-17-34-22-10-9-11-23-26(22)28(37)19-15-38-24(27(19)35-23)13-21-20(29(38)40)16-43-31(42)32(21,6-2)44-30(41)18(3)36(4)25(39)14-33/h9-11,13,17-18H,5-8,12,14-16,33H2,1-4H3/t18-,32-/m0/s1. The summed E-state index contributed by atoms with van der Waals surface area (Å²) in [4.78, 5) is 66.1. The lowest BCUT2D eigenvalue weighted by Crippen LogP contribution is -2.51. The summed E-state index contributed by atoms with van der Waals surface area (Å²) >= 11 is 0. The van der Waals surface area contributed by atoms with Gasteiger partial charge in [0.2, 0.25) is 11.5 Å². The number of fused-ring (bicyclic) bond motifs is 5. The van der Waals surface area contributed by atoms with E-state index in [1.54, 1.807) is 17.6 Å². The van der Waals surface area contributed by atoms with Crippen LogP contribution in [0.4, 0.5) is 11.4 Å². The molecule has 0 bridgehead atoms. The fourth-order valence-electron chi connectivity index (χ4n) is 6.34. The van der Waals surface area contributed by atoms with Gasteiger partial charge in [0.05, 0.1) is 58.7 Å². The van der Waals surface area contributed by atoms with Gasteiger partial charge in [-0.1, -0.05) is 32.8 Å². The Hall–Kier alpha value is -4.58. The number of carbonyl (C=O) groups is 3. The van der Waals surface area contributed by atoms with Gasteiger partial charge in [0.25, 0.3) is 5.56 Å². The fourth-order valence-corrected chi connectivity index (χ4v) is 6.34. The first kappa shape index (κ1) is 29.5. The Morgan fingerprint density at radius 2 is 2.00 bits per heavy atom. The van der Waals surface area contributed by atoms with Gasteiger partial charge >= 0.3 is 11.9 Å². The molecule has 0 radical (unpaired) electrons. The predicted octanol–water partition coefficient (Wildman–Crippen LogP) is 3.11. The molecule has 1 amide bonds. The lowest BCUT2D eigenvalue weighted by atomic mass is 9.85. The molecular weight excluding hydrogens is 564 g/mol. The van der Waals surface area contributed by atoms with Crippen LogP contribution in [0.25, 0.3) is 22.3 Å². The zero-order chi connectivity index (χ0) is 31.3. The molecule has 0 fully saturated rings. The Labute approximate surface area is 254 Å². The molecule has 12 nitrogen and oxygen atoms in total. The number of aliphatic imine (C=N–C) groups is 1. The number of nitrogens with zero attached hydrogens (tertiary/aromatic N) is 5. The van der Waals surface area contributed by atoms with E-state index in [0.29, 0.717) is 11.4 Å². The van der Waals surface area contributed by atoms with Crippen LogP contribution in [-0.2, 0) is 42.6 Å². The van der Waals surface area contributed by atoms with Crippen molar-refractivity contribution in [2.24, 2.45) is 10.7 Å². The van der Waals surface area contributed by atoms with Crippen LogP contribution >= 0.6 is 0 Å². The first-order chi connectivity index (χ1) is 21.2. The van der Waals surface area contributed by atoms with Crippen molar-refractivity contribution in [1.82, 2.24) is 14.5 Å². The molecule has 44 heavy (non-hydrogen) atoms. The third-order valence-electron chi connectivity index (χ3n) is 9.02. The number of hydrogen-bond donors (Lipinski definition) is 1. The zero-order valence-electron chi connectivity index (χ0n) is 25.4. The largest absolute Gasteiger partial charge is 0.457 e. The minimum atomic E-state index is -1.87. The average molecular weight is 601 g/mol. The molecule has 3 aliphatic rings. The Morgan fingerprint density at radius 1 is 1.20 bits per heavy atom. The highest BCUT2D eigenvalue weighted by Gasteiger charge is 2.51. The number of likely N-dealkylation sites (N-methyl/N-ethyl adjacent to an activating group) is 1. The molecule has 1 aromatic carbocycles. The predicted molar refractivity (Wildman–Crippen MR) is 165 cm³/mol. The van der Waals surface area contributed by atoms with Crippen molar-refractivity contribution in [3.63, 3.8) is 0 Å². The number of pyridine rings is 2. The van der Waals surface area contributed by atoms with Crippen molar-refractivity contribution < 1.29 is 23.9 Å². The maximum Gasteiger partial charge on any atom is 0.355 e. The summed E-state index contributed by atoms with van der Waals surface area (Å²) in [5, 5.41) is 0.941. The van der Waals surface area contributed by atoms with E-state index in [0.717, 1.165) is 53.6 Å². The number of aromatic nitrogens is 2. The molecule has 6 rings (SSSR count). The molecule has 0 saturated carbocycles. The van der Waals surface area contributed by atoms with Crippen LogP contribution < -0.4 is 16.2 Å². The molecule has 5 heterocycles. The SMILES string of the molecule is CCCCCN1C=Nc2cccc3nc4c(c1c23)Cn1c-4cc2c(c1=O)COC(=O)[C@@]2(CC)OC(=O)[C@H](C)N(C)C(=O)CN. The normalized spacial score (nSPS) is 18.4. The third-order valence-corrected chi connectivity index (χ3v) is 9.02. The summed E-state index contributed by atoms with van der Waals surface area (Å²) in [6, 6.07) is 6.51. The quantitative estimate of drug-likeness (QED) is 0.226. The lowest BCUT2D eigenvalue weighted by Gasteiger charge is -2.37. The first-order valence-electron chi connectivity index (χ1n) is 15.1. The molecule has 12 heteroatoms. The van der Waals surface area contributed by atoms with Crippen LogP contribution in [0, 0.1) is 0 Å². The summed E-state index contributed by atoms with van der Waals surface area (Å²) < 4.78 is 13.0. The van der Waals surface area contributed by atoms with Crippen molar-refractivity contribution in [1.29, 1.82) is 0 Å². The van der Waals surface area contributed by atoms with E-state index >= 15 is 0 Å². The summed E-state index contributed by atoms with van der Waals surface area (Å²) in [5.41, 5.74) is 8.42. The van der Waals surface area contributed by atoms with Gasteiger partial charge in [-0.3, -0.25) is 9.59 Å². The number of anilines is 1. The highest BCUT2D eigenvalue weighted by atomic mass is 16.6. The maximum absolute atomic E-state index is 14.1. The van der Waals surface area contributed by atoms with Crippen molar-refractivity contribution in [2.45, 2.75) is 71.2 Å². The average Bonchev–Trinajstić information content (AvgIpc) is 3.41. The van der Waals surface area contributed by atoms with Gasteiger partial charge in [-0.2, -0.15) is 0 Å². The van der Waals surface area contributed by atoms with Crippen LogP contribution in [0.1, 0.15) is 63.1 Å². The van der Waals surface area contributed by atoms with E-state index in [4.69, 9.17) is 25.2 Å². The molecule has 2 aromatic heterocycles. The lowest BCUT2D eigenvalue weighted by molar-refractivity contribution is -0.192. The van der Waals surface area contributed by atoms with E-state index in [2.05, 4.69) is 11.8 Å². The molecule has 0 saturated heterocycles. The van der Waals surface area contributed by atoms with E-state index in [1.807, 2.05) is 24.5 Å². The summed E-state index contributed by atoms with van der Waals surface area (Å²) in [5.74, 6) is -2.04. The topological polar surface area (TPSA) is 149 Å². The first-order valence-corrected chi connectivity index (χ1v) is 15.1. The third kappa shape index (κ3) is 4.38. The van der Waals surface area contributed by atoms with E-state index in [9.17, 15) is 19.2 Å². The van der Waals surface area contributed by atoms with Crippen molar-refractivity contribution in [2.75, 3.05) is 25.0 Å². The van der Waals surface area contributed by atoms with Gasteiger partial charge < -0.3 is 29.6 Å². The molecule has 3 aliphatic heterocycles. The minimum Gasteiger partial charge on any atom is -0.457 e. The van der Waals surface area contributed by atoms with Crippen molar-refractivity contribution in [3.8, 4) is 11.4 Å². The number of rotatable bonds is 9. The molecule has 0 spiro atoms. The highest BCUT2D eigenvalue weighted by molar-refractivity contribution is 6.11.